The van der Waals surface area contributed by atoms with Crippen LogP contribution in [0.5, 0.6) is 0 Å². The summed E-state index contributed by atoms with van der Waals surface area (Å²) in [6.45, 7) is 2.74. The molecule has 1 rings (SSSR count). The molecule has 4 nitrogen and oxygen atoms in total. The van der Waals surface area contributed by atoms with Gasteiger partial charge in [-0.15, -0.1) is 0 Å². The van der Waals surface area contributed by atoms with E-state index in [1.165, 1.54) is 4.90 Å². The minimum atomic E-state index is -0.794. The first kappa shape index (κ1) is 14.2. The Hall–Kier alpha value is -1.84. The number of hydrogen-bond acceptors (Lipinski definition) is 3. The largest absolute Gasteiger partial charge is 0.454 e. The van der Waals surface area contributed by atoms with Gasteiger partial charge in [0, 0.05) is 13.6 Å². The van der Waals surface area contributed by atoms with E-state index < -0.39 is 11.9 Å². The van der Waals surface area contributed by atoms with Crippen LogP contribution in [0.4, 0.5) is 0 Å². The molecule has 0 bridgehead atoms. The zero-order valence-electron chi connectivity index (χ0n) is 10.9. The second-order valence-electron chi connectivity index (χ2n) is 4.14. The predicted molar refractivity (Wildman–Crippen MR) is 68.8 cm³/mol. The Morgan fingerprint density at radius 2 is 1.89 bits per heavy atom. The summed E-state index contributed by atoms with van der Waals surface area (Å²) in [6, 6.07) is 9.29. The normalized spacial score (nSPS) is 9.89. The van der Waals surface area contributed by atoms with Gasteiger partial charge in [0.25, 0.3) is 0 Å². The lowest BCUT2D eigenvalue weighted by Crippen LogP contribution is -2.35. The van der Waals surface area contributed by atoms with Crippen molar-refractivity contribution in [2.45, 2.75) is 26.4 Å². The van der Waals surface area contributed by atoms with Crippen LogP contribution in [0.25, 0.3) is 0 Å². The molecule has 0 radical (unpaired) electrons. The molecule has 0 unspecified atom stereocenters. The number of likely N-dealkylation sites (N-methyl/N-ethyl adjacent to an activating group) is 1. The molecule has 0 aliphatic heterocycles. The van der Waals surface area contributed by atoms with Crippen molar-refractivity contribution >= 4 is 11.9 Å². The molecule has 0 aliphatic rings. The van der Waals surface area contributed by atoms with Crippen molar-refractivity contribution in [2.24, 2.45) is 0 Å². The number of hydrogen-bond donors (Lipinski definition) is 0. The number of benzene rings is 1. The van der Waals surface area contributed by atoms with Gasteiger partial charge in [-0.05, 0) is 12.0 Å². The Morgan fingerprint density at radius 3 is 2.50 bits per heavy atom. The Balaban J connectivity index is 2.38. The quantitative estimate of drug-likeness (QED) is 0.592. The van der Waals surface area contributed by atoms with Crippen molar-refractivity contribution in [1.29, 1.82) is 0 Å². The number of carbonyl (C=O) groups is 2. The molecule has 1 aromatic rings. The predicted octanol–water partition coefficient (Wildman–Crippen LogP) is 1.99. The maximum absolute atomic E-state index is 11.6. The number of unbranched alkanes of at least 4 members (excludes halogenated alkanes) is 1. The first-order valence-corrected chi connectivity index (χ1v) is 6.11. The number of carbonyl (C=O) groups excluding carboxylic acids is 2. The van der Waals surface area contributed by atoms with Crippen molar-refractivity contribution in [3.05, 3.63) is 35.9 Å². The lowest BCUT2D eigenvalue weighted by Gasteiger charge is -2.15. The molecule has 0 N–H and O–H groups in total. The van der Waals surface area contributed by atoms with Gasteiger partial charge < -0.3 is 9.64 Å². The Labute approximate surface area is 108 Å². The molecule has 0 saturated heterocycles. The number of ether oxygens (including phenoxy) is 1. The molecule has 0 aliphatic carbocycles. The summed E-state index contributed by atoms with van der Waals surface area (Å²) in [4.78, 5) is 24.5. The first-order chi connectivity index (χ1) is 8.65. The fraction of sp³-hybridized carbons (Fsp3) is 0.429. The Kier molecular flexibility index (Phi) is 5.91. The number of amides is 1. The first-order valence-electron chi connectivity index (χ1n) is 6.11. The zero-order chi connectivity index (χ0) is 13.4. The standard InChI is InChI=1S/C14H19NO3/c1-3-4-10-15(2)13(16)14(17)18-11-12-8-6-5-7-9-12/h5-9H,3-4,10-11H2,1-2H3. The van der Waals surface area contributed by atoms with Crippen LogP contribution < -0.4 is 0 Å². The molecule has 0 saturated carbocycles. The average Bonchev–Trinajstić information content (AvgIpc) is 2.42. The van der Waals surface area contributed by atoms with Crippen molar-refractivity contribution < 1.29 is 14.3 Å². The van der Waals surface area contributed by atoms with E-state index in [1.807, 2.05) is 37.3 Å². The molecule has 1 aromatic carbocycles. The van der Waals surface area contributed by atoms with E-state index in [4.69, 9.17) is 4.74 Å². The van der Waals surface area contributed by atoms with Crippen LogP contribution in [-0.2, 0) is 20.9 Å². The van der Waals surface area contributed by atoms with Crippen molar-refractivity contribution in [1.82, 2.24) is 4.90 Å². The molecule has 0 fully saturated rings. The van der Waals surface area contributed by atoms with Crippen LogP contribution in [-0.4, -0.2) is 30.4 Å². The maximum Gasteiger partial charge on any atom is 0.397 e. The molecule has 0 heterocycles. The highest BCUT2D eigenvalue weighted by molar-refractivity contribution is 6.32. The van der Waals surface area contributed by atoms with Crippen LogP contribution in [0.3, 0.4) is 0 Å². The second kappa shape index (κ2) is 7.48. The van der Waals surface area contributed by atoms with E-state index in [0.29, 0.717) is 6.54 Å². The monoisotopic (exact) mass is 249 g/mol. The van der Waals surface area contributed by atoms with E-state index >= 15 is 0 Å². The van der Waals surface area contributed by atoms with Gasteiger partial charge in [0.2, 0.25) is 0 Å². The molecule has 1 amide bonds. The van der Waals surface area contributed by atoms with Crippen LogP contribution in [0.1, 0.15) is 25.3 Å². The summed E-state index contributed by atoms with van der Waals surface area (Å²) in [5.41, 5.74) is 0.870. The van der Waals surface area contributed by atoms with E-state index in [1.54, 1.807) is 7.05 Å². The summed E-state index contributed by atoms with van der Waals surface area (Å²) in [5, 5.41) is 0. The second-order valence-corrected chi connectivity index (χ2v) is 4.14. The van der Waals surface area contributed by atoms with Gasteiger partial charge in [-0.2, -0.15) is 0 Å². The average molecular weight is 249 g/mol. The van der Waals surface area contributed by atoms with Crippen LogP contribution in [0.15, 0.2) is 30.3 Å². The topological polar surface area (TPSA) is 46.6 Å². The van der Waals surface area contributed by atoms with Gasteiger partial charge >= 0.3 is 11.9 Å². The van der Waals surface area contributed by atoms with E-state index in [-0.39, 0.29) is 6.61 Å². The highest BCUT2D eigenvalue weighted by Gasteiger charge is 2.19. The molecular formula is C14H19NO3. The van der Waals surface area contributed by atoms with E-state index in [0.717, 1.165) is 18.4 Å². The molecule has 0 spiro atoms. The minimum Gasteiger partial charge on any atom is -0.454 e. The van der Waals surface area contributed by atoms with Gasteiger partial charge in [-0.25, -0.2) is 4.79 Å². The third-order valence-electron chi connectivity index (χ3n) is 2.58. The highest BCUT2D eigenvalue weighted by Crippen LogP contribution is 2.02. The fourth-order valence-corrected chi connectivity index (χ4v) is 1.44. The van der Waals surface area contributed by atoms with Crippen molar-refractivity contribution in [3.63, 3.8) is 0 Å². The Bertz CT molecular complexity index is 389. The molecule has 18 heavy (non-hydrogen) atoms. The Morgan fingerprint density at radius 1 is 1.22 bits per heavy atom. The molecule has 0 aromatic heterocycles. The third kappa shape index (κ3) is 4.57. The van der Waals surface area contributed by atoms with Gasteiger partial charge in [0.05, 0.1) is 0 Å². The SMILES string of the molecule is CCCCN(C)C(=O)C(=O)OCc1ccccc1. The van der Waals surface area contributed by atoms with E-state index in [9.17, 15) is 9.59 Å². The van der Waals surface area contributed by atoms with Gasteiger partial charge in [0.15, 0.2) is 0 Å². The van der Waals surface area contributed by atoms with Crippen molar-refractivity contribution in [3.8, 4) is 0 Å². The number of nitrogens with zero attached hydrogens (tertiary/aromatic N) is 1. The van der Waals surface area contributed by atoms with Crippen molar-refractivity contribution in [2.75, 3.05) is 13.6 Å². The summed E-state index contributed by atoms with van der Waals surface area (Å²) in [7, 11) is 1.61. The smallest absolute Gasteiger partial charge is 0.397 e. The lowest BCUT2D eigenvalue weighted by molar-refractivity contribution is -0.160. The van der Waals surface area contributed by atoms with Crippen LogP contribution >= 0.6 is 0 Å². The van der Waals surface area contributed by atoms with E-state index in [2.05, 4.69) is 0 Å². The fourth-order valence-electron chi connectivity index (χ4n) is 1.44. The van der Waals surface area contributed by atoms with Gasteiger partial charge in [-0.1, -0.05) is 43.7 Å². The molecule has 98 valence electrons. The highest BCUT2D eigenvalue weighted by atomic mass is 16.5. The van der Waals surface area contributed by atoms with Crippen LogP contribution in [0.2, 0.25) is 0 Å². The van der Waals surface area contributed by atoms with Gasteiger partial charge in [-0.3, -0.25) is 4.79 Å². The summed E-state index contributed by atoms with van der Waals surface area (Å²) >= 11 is 0. The zero-order valence-corrected chi connectivity index (χ0v) is 10.9. The maximum atomic E-state index is 11.6. The van der Waals surface area contributed by atoms with Gasteiger partial charge in [0.1, 0.15) is 6.61 Å². The summed E-state index contributed by atoms with van der Waals surface area (Å²) in [6.07, 6.45) is 1.87. The lowest BCUT2D eigenvalue weighted by atomic mass is 10.2. The minimum absolute atomic E-state index is 0.132. The number of esters is 1. The number of rotatable bonds is 5. The summed E-state index contributed by atoms with van der Waals surface area (Å²) < 4.78 is 4.96. The molecular weight excluding hydrogens is 230 g/mol. The molecule has 0 atom stereocenters. The molecule has 4 heteroatoms. The third-order valence-corrected chi connectivity index (χ3v) is 2.58. The van der Waals surface area contributed by atoms with Crippen LogP contribution in [0, 0.1) is 0 Å². The summed E-state index contributed by atoms with van der Waals surface area (Å²) in [5.74, 6) is -1.38.